The third kappa shape index (κ3) is 7.19. The van der Waals surface area contributed by atoms with Crippen LogP contribution in [-0.2, 0) is 4.79 Å². The maximum Gasteiger partial charge on any atom is 0.219 e. The summed E-state index contributed by atoms with van der Waals surface area (Å²) in [5.74, 6) is 7.52. The molecule has 4 heterocycles. The molecule has 3 aromatic rings. The van der Waals surface area contributed by atoms with Crippen LogP contribution in [0.3, 0.4) is 0 Å². The van der Waals surface area contributed by atoms with E-state index < -0.39 is 0 Å². The van der Waals surface area contributed by atoms with Gasteiger partial charge in [0.05, 0.1) is 17.1 Å². The molecule has 0 radical (unpaired) electrons. The highest BCUT2D eigenvalue weighted by molar-refractivity contribution is 7.17. The Labute approximate surface area is 249 Å². The van der Waals surface area contributed by atoms with Crippen molar-refractivity contribution >= 4 is 57.0 Å². The van der Waals surface area contributed by atoms with E-state index in [4.69, 9.17) is 33.1 Å². The number of aliphatic imine (C=N–C) groups is 1. The number of nitrogen functional groups attached to an aromatic ring is 1. The number of hydrogen-bond acceptors (Lipinski definition) is 8. The summed E-state index contributed by atoms with van der Waals surface area (Å²) in [5.41, 5.74) is 9.95. The molecule has 4 N–H and O–H groups in total. The molecule has 0 saturated carbocycles. The fraction of sp³-hybridized carbons (Fsp3) is 0.300. The van der Waals surface area contributed by atoms with Crippen LogP contribution in [0.2, 0.25) is 5.02 Å². The first kappa shape index (κ1) is 29.9. The van der Waals surface area contributed by atoms with Crippen molar-refractivity contribution in [2.24, 2.45) is 4.99 Å². The van der Waals surface area contributed by atoms with Gasteiger partial charge in [-0.1, -0.05) is 35.6 Å². The molecule has 2 aliphatic heterocycles. The van der Waals surface area contributed by atoms with Gasteiger partial charge in [-0.3, -0.25) is 25.5 Å². The molecule has 1 amide bonds. The van der Waals surface area contributed by atoms with E-state index >= 15 is 0 Å². The van der Waals surface area contributed by atoms with Crippen LogP contribution in [0.5, 0.6) is 0 Å². The van der Waals surface area contributed by atoms with E-state index in [0.29, 0.717) is 10.8 Å². The number of fused-ring (bicyclic) bond motifs is 1. The summed E-state index contributed by atoms with van der Waals surface area (Å²) >= 11 is 7.53. The average molecular weight is 589 g/mol. The van der Waals surface area contributed by atoms with Crippen molar-refractivity contribution in [3.05, 3.63) is 74.7 Å². The molecule has 1 saturated heterocycles. The van der Waals surface area contributed by atoms with Gasteiger partial charge in [0.25, 0.3) is 0 Å². The van der Waals surface area contributed by atoms with Crippen LogP contribution in [0.1, 0.15) is 41.0 Å². The van der Waals surface area contributed by atoms with Crippen LogP contribution < -0.4 is 10.6 Å². The molecule has 0 spiro atoms. The first-order valence-electron chi connectivity index (χ1n) is 13.1. The molecule has 41 heavy (non-hydrogen) atoms. The molecule has 1 aromatic carbocycles. The zero-order valence-electron chi connectivity index (χ0n) is 23.6. The van der Waals surface area contributed by atoms with Crippen LogP contribution in [0, 0.1) is 29.6 Å². The van der Waals surface area contributed by atoms with Crippen LogP contribution in [0.15, 0.2) is 47.6 Å². The Kier molecular flexibility index (Phi) is 9.55. The number of carbonyl (C=O) groups excluding carboxylic acids is 1. The molecule has 212 valence electrons. The number of carbonyl (C=O) groups is 1. The molecule has 2 aliphatic rings. The number of rotatable bonds is 1. The molecule has 0 unspecified atom stereocenters. The van der Waals surface area contributed by atoms with Gasteiger partial charge in [0, 0.05) is 61.0 Å². The number of nitrogens with one attached hydrogen (secondary N) is 2. The smallest absolute Gasteiger partial charge is 0.219 e. The molecule has 9 nitrogen and oxygen atoms in total. The Hall–Kier alpha value is -4.04. The lowest BCUT2D eigenvalue weighted by Crippen LogP contribution is -2.46. The van der Waals surface area contributed by atoms with Crippen LogP contribution in [-0.4, -0.2) is 77.8 Å². The zero-order valence-corrected chi connectivity index (χ0v) is 25.2. The highest BCUT2D eigenvalue weighted by Crippen LogP contribution is 2.39. The molecule has 0 bridgehead atoms. The van der Waals surface area contributed by atoms with Crippen LogP contribution in [0.4, 0.5) is 10.8 Å². The highest BCUT2D eigenvalue weighted by Gasteiger charge is 2.29. The number of nitrogens with zero attached hydrogens (tertiary/aromatic N) is 5. The Bertz CT molecular complexity index is 1540. The summed E-state index contributed by atoms with van der Waals surface area (Å²) in [7, 11) is 2.08. The normalized spacial score (nSPS) is 15.0. The minimum atomic E-state index is 0.188. The van der Waals surface area contributed by atoms with Crippen LogP contribution in [0.25, 0.3) is 0 Å². The van der Waals surface area contributed by atoms with Crippen molar-refractivity contribution in [3.8, 4) is 11.8 Å². The number of piperazine rings is 1. The summed E-state index contributed by atoms with van der Waals surface area (Å²) in [4.78, 5) is 26.2. The van der Waals surface area contributed by atoms with Gasteiger partial charge in [0.15, 0.2) is 0 Å². The SMILES string of the molecule is CC(=N)N1C(=N)CN=C(c2ccc(Cl)cc2)c2c1sc(C#Cc1ccc(N)nc1)c2C.CC(=O)N1CCN(C)CC1. The maximum atomic E-state index is 10.8. The first-order chi connectivity index (χ1) is 19.5. The number of amides is 1. The second kappa shape index (κ2) is 13.1. The van der Waals surface area contributed by atoms with Gasteiger partial charge in [-0.15, -0.1) is 11.3 Å². The van der Waals surface area contributed by atoms with E-state index in [2.05, 4.69) is 28.8 Å². The van der Waals surface area contributed by atoms with E-state index in [1.807, 2.05) is 42.2 Å². The zero-order chi connectivity index (χ0) is 29.7. The fourth-order valence-electron chi connectivity index (χ4n) is 4.41. The van der Waals surface area contributed by atoms with Gasteiger partial charge < -0.3 is 15.5 Å². The Balaban J connectivity index is 0.000000328. The summed E-state index contributed by atoms with van der Waals surface area (Å²) in [5, 5.41) is 18.2. The standard InChI is InChI=1S/C23H19ClN6S.C7H14N2O/c1-13-18(9-3-15-4-10-19(26)28-11-15)31-23-21(13)22(16-5-7-17(24)8-6-16)29-12-20(27)30(23)14(2)25;1-7(10)9-5-3-8(2)4-6-9/h4-8,10-11,25,27H,12H2,1-2H3,(H2,26,28);3-6H2,1-2H3. The molecule has 2 aromatic heterocycles. The lowest BCUT2D eigenvalue weighted by Gasteiger charge is -2.31. The molecule has 11 heteroatoms. The summed E-state index contributed by atoms with van der Waals surface area (Å²) in [6, 6.07) is 11.0. The minimum absolute atomic E-state index is 0.188. The van der Waals surface area contributed by atoms with Crippen molar-refractivity contribution in [3.63, 3.8) is 0 Å². The van der Waals surface area contributed by atoms with Crippen LogP contribution >= 0.6 is 22.9 Å². The molecule has 0 atom stereocenters. The van der Waals surface area contributed by atoms with Crippen molar-refractivity contribution in [2.45, 2.75) is 20.8 Å². The fourth-order valence-corrected chi connectivity index (χ4v) is 5.77. The molecule has 1 fully saturated rings. The lowest BCUT2D eigenvalue weighted by atomic mass is 9.99. The third-order valence-electron chi connectivity index (χ3n) is 6.73. The van der Waals surface area contributed by atoms with Gasteiger partial charge in [-0.25, -0.2) is 4.98 Å². The average Bonchev–Trinajstić information content (AvgIpc) is 3.16. The minimum Gasteiger partial charge on any atom is -0.384 e. The highest BCUT2D eigenvalue weighted by atomic mass is 35.5. The van der Waals surface area contributed by atoms with Gasteiger partial charge in [-0.05, 0) is 50.7 Å². The monoisotopic (exact) mass is 588 g/mol. The molecular weight excluding hydrogens is 556 g/mol. The largest absolute Gasteiger partial charge is 0.384 e. The van der Waals surface area contributed by atoms with Crippen molar-refractivity contribution in [2.75, 3.05) is 50.4 Å². The number of likely N-dealkylation sites (N-methyl/N-ethyl adjacent to an activating group) is 1. The molecular formula is C30H33ClN8OS. The summed E-state index contributed by atoms with van der Waals surface area (Å²) < 4.78 is 0. The number of pyridine rings is 1. The van der Waals surface area contributed by atoms with E-state index in [0.717, 1.165) is 64.0 Å². The number of aromatic nitrogens is 1. The molecule has 5 rings (SSSR count). The Morgan fingerprint density at radius 2 is 1.76 bits per heavy atom. The second-order valence-electron chi connectivity index (χ2n) is 9.81. The van der Waals surface area contributed by atoms with E-state index in [1.54, 1.807) is 31.0 Å². The van der Waals surface area contributed by atoms with Gasteiger partial charge in [0.2, 0.25) is 5.91 Å². The van der Waals surface area contributed by atoms with E-state index in [1.165, 1.54) is 11.3 Å². The quantitative estimate of drug-likeness (QED) is 0.219. The van der Waals surface area contributed by atoms with E-state index in [9.17, 15) is 4.79 Å². The Morgan fingerprint density at radius 1 is 1.07 bits per heavy atom. The first-order valence-corrected chi connectivity index (χ1v) is 14.3. The summed E-state index contributed by atoms with van der Waals surface area (Å²) in [6.45, 7) is 9.31. The maximum absolute atomic E-state index is 10.8. The van der Waals surface area contributed by atoms with Gasteiger partial charge in [0.1, 0.15) is 22.5 Å². The van der Waals surface area contributed by atoms with E-state index in [-0.39, 0.29) is 24.1 Å². The summed E-state index contributed by atoms with van der Waals surface area (Å²) in [6.07, 6.45) is 1.64. The number of halogens is 1. The second-order valence-corrected chi connectivity index (χ2v) is 11.2. The number of hydrogen-bond donors (Lipinski definition) is 3. The predicted octanol–water partition coefficient (Wildman–Crippen LogP) is 4.50. The lowest BCUT2D eigenvalue weighted by molar-refractivity contribution is -0.130. The third-order valence-corrected chi connectivity index (χ3v) is 8.18. The van der Waals surface area contributed by atoms with Crippen molar-refractivity contribution in [1.82, 2.24) is 14.8 Å². The van der Waals surface area contributed by atoms with Crippen molar-refractivity contribution in [1.29, 1.82) is 10.8 Å². The number of anilines is 2. The van der Waals surface area contributed by atoms with Gasteiger partial charge in [-0.2, -0.15) is 0 Å². The topological polar surface area (TPSA) is 126 Å². The number of thiophene rings is 1. The Morgan fingerprint density at radius 3 is 2.34 bits per heavy atom. The molecule has 0 aliphatic carbocycles. The number of amidine groups is 2. The number of nitrogens with two attached hydrogens (primary N) is 1. The predicted molar refractivity (Wildman–Crippen MR) is 169 cm³/mol. The van der Waals surface area contributed by atoms with Crippen molar-refractivity contribution < 1.29 is 4.79 Å². The van der Waals surface area contributed by atoms with Gasteiger partial charge >= 0.3 is 0 Å². The number of benzene rings is 1.